The Hall–Kier alpha value is -0.650. The highest BCUT2D eigenvalue weighted by molar-refractivity contribution is 5.82. The van der Waals surface area contributed by atoms with Crippen LogP contribution in [0.2, 0.25) is 0 Å². The quantitative estimate of drug-likeness (QED) is 0.645. The number of likely N-dealkylation sites (tertiary alicyclic amines) is 1. The third-order valence-electron chi connectivity index (χ3n) is 3.95. The molecule has 2 heterocycles. The predicted molar refractivity (Wildman–Crippen MR) is 70.3 cm³/mol. The van der Waals surface area contributed by atoms with Gasteiger partial charge >= 0.3 is 0 Å². The van der Waals surface area contributed by atoms with Crippen molar-refractivity contribution in [2.75, 3.05) is 26.2 Å². The van der Waals surface area contributed by atoms with Crippen molar-refractivity contribution >= 4 is 5.91 Å². The van der Waals surface area contributed by atoms with Gasteiger partial charge in [-0.15, -0.1) is 0 Å². The van der Waals surface area contributed by atoms with Gasteiger partial charge in [0.1, 0.15) is 0 Å². The molecule has 0 bridgehead atoms. The Morgan fingerprint density at radius 1 is 1.44 bits per heavy atom. The molecule has 5 heteroatoms. The Morgan fingerprint density at radius 3 is 2.83 bits per heavy atom. The molecule has 104 valence electrons. The minimum absolute atomic E-state index is 0.0202. The molecule has 0 radical (unpaired) electrons. The first-order valence-electron chi connectivity index (χ1n) is 7.10. The van der Waals surface area contributed by atoms with Crippen LogP contribution in [0.15, 0.2) is 0 Å². The molecule has 2 atom stereocenters. The second kappa shape index (κ2) is 6.50. The standard InChI is InChI=1S/C13H25N3O2/c1-10(17)9-15-13(18)12-3-2-8-16(12)11-4-6-14-7-5-11/h10-12,14,17H,2-9H2,1H3,(H,15,18)/t10-,12?/m0/s1. The lowest BCUT2D eigenvalue weighted by Gasteiger charge is -2.35. The Balaban J connectivity index is 1.87. The maximum atomic E-state index is 12.1. The van der Waals surface area contributed by atoms with E-state index in [1.165, 1.54) is 0 Å². The van der Waals surface area contributed by atoms with Gasteiger partial charge in [-0.25, -0.2) is 0 Å². The molecule has 0 spiro atoms. The minimum atomic E-state index is -0.470. The van der Waals surface area contributed by atoms with Crippen LogP contribution in [0.1, 0.15) is 32.6 Å². The number of amides is 1. The lowest BCUT2D eigenvalue weighted by molar-refractivity contribution is -0.126. The van der Waals surface area contributed by atoms with Crippen LogP contribution in [0.5, 0.6) is 0 Å². The molecule has 0 aliphatic carbocycles. The van der Waals surface area contributed by atoms with Crippen LogP contribution in [0, 0.1) is 0 Å². The molecule has 2 rings (SSSR count). The lowest BCUT2D eigenvalue weighted by Crippen LogP contribution is -2.51. The average Bonchev–Trinajstić information content (AvgIpc) is 2.86. The van der Waals surface area contributed by atoms with E-state index >= 15 is 0 Å². The molecule has 0 aromatic rings. The number of carbonyl (C=O) groups is 1. The van der Waals surface area contributed by atoms with Crippen molar-refractivity contribution in [2.45, 2.75) is 50.8 Å². The molecule has 2 aliphatic heterocycles. The minimum Gasteiger partial charge on any atom is -0.392 e. The fourth-order valence-electron chi connectivity index (χ4n) is 3.01. The van der Waals surface area contributed by atoms with Gasteiger partial charge in [-0.2, -0.15) is 0 Å². The van der Waals surface area contributed by atoms with Gasteiger partial charge in [0.2, 0.25) is 5.91 Å². The van der Waals surface area contributed by atoms with E-state index in [0.29, 0.717) is 12.6 Å². The summed E-state index contributed by atoms with van der Waals surface area (Å²) in [5, 5.41) is 15.4. The van der Waals surface area contributed by atoms with Gasteiger partial charge in [0.25, 0.3) is 0 Å². The van der Waals surface area contributed by atoms with Crippen LogP contribution < -0.4 is 10.6 Å². The highest BCUT2D eigenvalue weighted by Gasteiger charge is 2.35. The highest BCUT2D eigenvalue weighted by atomic mass is 16.3. The summed E-state index contributed by atoms with van der Waals surface area (Å²) in [5.41, 5.74) is 0. The maximum Gasteiger partial charge on any atom is 0.237 e. The molecule has 3 N–H and O–H groups in total. The fourth-order valence-corrected chi connectivity index (χ4v) is 3.01. The van der Waals surface area contributed by atoms with E-state index in [9.17, 15) is 9.90 Å². The number of nitrogens with one attached hydrogen (secondary N) is 2. The maximum absolute atomic E-state index is 12.1. The SMILES string of the molecule is C[C@H](O)CNC(=O)C1CCCN1C1CCNCC1. The van der Waals surface area contributed by atoms with Crippen molar-refractivity contribution < 1.29 is 9.90 Å². The van der Waals surface area contributed by atoms with Crippen LogP contribution in [-0.4, -0.2) is 60.3 Å². The second-order valence-corrected chi connectivity index (χ2v) is 5.47. The molecule has 0 aromatic carbocycles. The number of hydrogen-bond acceptors (Lipinski definition) is 4. The monoisotopic (exact) mass is 255 g/mol. The number of rotatable bonds is 4. The summed E-state index contributed by atoms with van der Waals surface area (Å²) in [5.74, 6) is 0.0898. The predicted octanol–water partition coefficient (Wildman–Crippen LogP) is -0.300. The molecule has 2 saturated heterocycles. The normalized spacial score (nSPS) is 28.2. The topological polar surface area (TPSA) is 64.6 Å². The van der Waals surface area contributed by atoms with Crippen LogP contribution in [0.3, 0.4) is 0 Å². The van der Waals surface area contributed by atoms with Gasteiger partial charge in [0.15, 0.2) is 0 Å². The van der Waals surface area contributed by atoms with Crippen molar-refractivity contribution in [3.8, 4) is 0 Å². The zero-order valence-electron chi connectivity index (χ0n) is 11.2. The number of piperidine rings is 1. The largest absolute Gasteiger partial charge is 0.392 e. The third kappa shape index (κ3) is 3.43. The zero-order valence-corrected chi connectivity index (χ0v) is 11.2. The molecule has 1 amide bonds. The number of aliphatic hydroxyl groups is 1. The number of hydrogen-bond donors (Lipinski definition) is 3. The van der Waals surface area contributed by atoms with Crippen LogP contribution in [0.4, 0.5) is 0 Å². The van der Waals surface area contributed by atoms with Gasteiger partial charge < -0.3 is 15.7 Å². The van der Waals surface area contributed by atoms with Gasteiger partial charge in [-0.05, 0) is 52.2 Å². The Kier molecular flexibility index (Phi) is 4.97. The summed E-state index contributed by atoms with van der Waals surface area (Å²) in [6, 6.07) is 0.572. The summed E-state index contributed by atoms with van der Waals surface area (Å²) in [7, 11) is 0. The molecule has 0 saturated carbocycles. The van der Waals surface area contributed by atoms with E-state index in [0.717, 1.165) is 45.3 Å². The van der Waals surface area contributed by atoms with Crippen LogP contribution in [0.25, 0.3) is 0 Å². The molecule has 18 heavy (non-hydrogen) atoms. The van der Waals surface area contributed by atoms with E-state index < -0.39 is 6.10 Å². The summed E-state index contributed by atoms with van der Waals surface area (Å²) >= 11 is 0. The Bertz CT molecular complexity index is 277. The molecule has 1 unspecified atom stereocenters. The van der Waals surface area contributed by atoms with Crippen molar-refractivity contribution in [3.63, 3.8) is 0 Å². The van der Waals surface area contributed by atoms with Crippen LogP contribution >= 0.6 is 0 Å². The van der Waals surface area contributed by atoms with Gasteiger partial charge in [0, 0.05) is 12.6 Å². The third-order valence-corrected chi connectivity index (χ3v) is 3.95. The van der Waals surface area contributed by atoms with Crippen molar-refractivity contribution in [1.82, 2.24) is 15.5 Å². The number of aliphatic hydroxyl groups excluding tert-OH is 1. The highest BCUT2D eigenvalue weighted by Crippen LogP contribution is 2.24. The first-order chi connectivity index (χ1) is 8.68. The smallest absolute Gasteiger partial charge is 0.237 e. The van der Waals surface area contributed by atoms with E-state index in [1.54, 1.807) is 6.92 Å². The average molecular weight is 255 g/mol. The Morgan fingerprint density at radius 2 is 2.17 bits per heavy atom. The number of carbonyl (C=O) groups excluding carboxylic acids is 1. The fraction of sp³-hybridized carbons (Fsp3) is 0.923. The van der Waals surface area contributed by atoms with Gasteiger partial charge in [-0.1, -0.05) is 0 Å². The zero-order chi connectivity index (χ0) is 13.0. The summed E-state index contributed by atoms with van der Waals surface area (Å²) in [6.07, 6.45) is 3.87. The summed E-state index contributed by atoms with van der Waals surface area (Å²) in [6.45, 7) is 5.21. The second-order valence-electron chi connectivity index (χ2n) is 5.47. The van der Waals surface area contributed by atoms with Crippen molar-refractivity contribution in [3.05, 3.63) is 0 Å². The van der Waals surface area contributed by atoms with Gasteiger partial charge in [0.05, 0.1) is 12.1 Å². The van der Waals surface area contributed by atoms with E-state index in [4.69, 9.17) is 0 Å². The summed E-state index contributed by atoms with van der Waals surface area (Å²) < 4.78 is 0. The first-order valence-corrected chi connectivity index (χ1v) is 7.10. The summed E-state index contributed by atoms with van der Waals surface area (Å²) in [4.78, 5) is 14.5. The molecule has 0 aromatic heterocycles. The molecular formula is C13H25N3O2. The van der Waals surface area contributed by atoms with Crippen molar-refractivity contribution in [1.29, 1.82) is 0 Å². The molecule has 2 fully saturated rings. The van der Waals surface area contributed by atoms with E-state index in [2.05, 4.69) is 15.5 Å². The molecule has 2 aliphatic rings. The van der Waals surface area contributed by atoms with E-state index in [1.807, 2.05) is 0 Å². The van der Waals surface area contributed by atoms with E-state index in [-0.39, 0.29) is 11.9 Å². The molecular weight excluding hydrogens is 230 g/mol. The molecule has 5 nitrogen and oxygen atoms in total. The lowest BCUT2D eigenvalue weighted by atomic mass is 10.0. The first kappa shape index (κ1) is 13.8. The number of nitrogens with zero attached hydrogens (tertiary/aromatic N) is 1. The van der Waals surface area contributed by atoms with Crippen molar-refractivity contribution in [2.24, 2.45) is 0 Å². The van der Waals surface area contributed by atoms with Crippen LogP contribution in [-0.2, 0) is 4.79 Å². The Labute approximate surface area is 109 Å². The van der Waals surface area contributed by atoms with Gasteiger partial charge in [-0.3, -0.25) is 9.69 Å².